The molecule has 0 atom stereocenters. The summed E-state index contributed by atoms with van der Waals surface area (Å²) < 4.78 is 0. The standard InChI is InChI=1S/C13H18N2O2/c1-4-8-15(9-5-2)12-7-6-11(13(16)17)10(3)14-12/h4,6-7H,1,5,8-9H2,2-3H3,(H,16,17). The number of hydrogen-bond acceptors (Lipinski definition) is 3. The van der Waals surface area contributed by atoms with Gasteiger partial charge < -0.3 is 10.0 Å². The van der Waals surface area contributed by atoms with E-state index in [0.29, 0.717) is 12.2 Å². The normalized spacial score (nSPS) is 10.0. The van der Waals surface area contributed by atoms with Crippen LogP contribution in [0.15, 0.2) is 24.8 Å². The monoisotopic (exact) mass is 234 g/mol. The van der Waals surface area contributed by atoms with Crippen LogP contribution in [0, 0.1) is 6.92 Å². The van der Waals surface area contributed by atoms with Crippen molar-refractivity contribution < 1.29 is 9.90 Å². The van der Waals surface area contributed by atoms with E-state index in [1.807, 2.05) is 6.08 Å². The Balaban J connectivity index is 3.01. The van der Waals surface area contributed by atoms with Crippen molar-refractivity contribution in [1.29, 1.82) is 0 Å². The van der Waals surface area contributed by atoms with E-state index < -0.39 is 5.97 Å². The zero-order valence-electron chi connectivity index (χ0n) is 10.3. The fourth-order valence-electron chi connectivity index (χ4n) is 1.68. The first-order valence-electron chi connectivity index (χ1n) is 5.67. The zero-order valence-corrected chi connectivity index (χ0v) is 10.3. The second kappa shape index (κ2) is 6.03. The van der Waals surface area contributed by atoms with Crippen molar-refractivity contribution in [3.63, 3.8) is 0 Å². The Hall–Kier alpha value is -1.84. The molecule has 0 aliphatic carbocycles. The van der Waals surface area contributed by atoms with Crippen molar-refractivity contribution in [3.05, 3.63) is 36.0 Å². The number of anilines is 1. The largest absolute Gasteiger partial charge is 0.478 e. The van der Waals surface area contributed by atoms with E-state index in [-0.39, 0.29) is 5.56 Å². The summed E-state index contributed by atoms with van der Waals surface area (Å²) in [7, 11) is 0. The predicted molar refractivity (Wildman–Crippen MR) is 68.6 cm³/mol. The minimum absolute atomic E-state index is 0.254. The Bertz CT molecular complexity index is 416. The molecule has 0 saturated carbocycles. The smallest absolute Gasteiger partial charge is 0.337 e. The SMILES string of the molecule is C=CCN(CCC)c1ccc(C(=O)O)c(C)n1. The molecule has 1 heterocycles. The van der Waals surface area contributed by atoms with Crippen molar-refractivity contribution in [2.24, 2.45) is 0 Å². The van der Waals surface area contributed by atoms with Gasteiger partial charge >= 0.3 is 5.97 Å². The molecule has 0 saturated heterocycles. The number of rotatable bonds is 6. The first-order valence-corrected chi connectivity index (χ1v) is 5.67. The predicted octanol–water partition coefficient (Wildman–Crippen LogP) is 2.49. The molecule has 1 N–H and O–H groups in total. The zero-order chi connectivity index (χ0) is 12.8. The molecule has 0 unspecified atom stereocenters. The maximum atomic E-state index is 10.9. The third-order valence-electron chi connectivity index (χ3n) is 2.47. The average molecular weight is 234 g/mol. The summed E-state index contributed by atoms with van der Waals surface area (Å²) in [4.78, 5) is 17.3. The molecular formula is C13H18N2O2. The molecule has 0 radical (unpaired) electrons. The summed E-state index contributed by atoms with van der Waals surface area (Å²) in [6.07, 6.45) is 2.83. The van der Waals surface area contributed by atoms with Gasteiger partial charge in [-0.1, -0.05) is 13.0 Å². The van der Waals surface area contributed by atoms with E-state index in [4.69, 9.17) is 5.11 Å². The number of pyridine rings is 1. The van der Waals surface area contributed by atoms with Crippen molar-refractivity contribution in [3.8, 4) is 0 Å². The molecule has 1 rings (SSSR count). The van der Waals surface area contributed by atoms with E-state index in [1.54, 1.807) is 19.1 Å². The van der Waals surface area contributed by atoms with Crippen LogP contribution in [0.4, 0.5) is 5.82 Å². The Kier molecular flexibility index (Phi) is 4.69. The van der Waals surface area contributed by atoms with Crippen LogP contribution in [0.1, 0.15) is 29.4 Å². The fraction of sp³-hybridized carbons (Fsp3) is 0.385. The van der Waals surface area contributed by atoms with E-state index >= 15 is 0 Å². The second-order valence-corrected chi connectivity index (χ2v) is 3.84. The summed E-state index contributed by atoms with van der Waals surface area (Å²) in [6.45, 7) is 9.11. The number of aryl methyl sites for hydroxylation is 1. The number of hydrogen-bond donors (Lipinski definition) is 1. The number of carboxylic acids is 1. The van der Waals surface area contributed by atoms with Crippen molar-refractivity contribution in [1.82, 2.24) is 4.98 Å². The molecule has 0 amide bonds. The van der Waals surface area contributed by atoms with E-state index in [1.165, 1.54) is 0 Å². The Morgan fingerprint density at radius 1 is 1.59 bits per heavy atom. The number of nitrogens with zero attached hydrogens (tertiary/aromatic N) is 2. The molecule has 1 aromatic heterocycles. The molecule has 0 spiro atoms. The third kappa shape index (κ3) is 3.31. The van der Waals surface area contributed by atoms with E-state index in [9.17, 15) is 4.79 Å². The van der Waals surface area contributed by atoms with Crippen LogP contribution < -0.4 is 4.90 Å². The summed E-state index contributed by atoms with van der Waals surface area (Å²) in [6, 6.07) is 3.35. The van der Waals surface area contributed by atoms with Gasteiger partial charge in [0.05, 0.1) is 11.3 Å². The van der Waals surface area contributed by atoms with Gasteiger partial charge in [-0.3, -0.25) is 0 Å². The Morgan fingerprint density at radius 2 is 2.29 bits per heavy atom. The molecule has 0 aliphatic heterocycles. The molecule has 0 aliphatic rings. The van der Waals surface area contributed by atoms with Crippen molar-refractivity contribution in [2.45, 2.75) is 20.3 Å². The van der Waals surface area contributed by atoms with Crippen LogP contribution in [0.2, 0.25) is 0 Å². The number of carbonyl (C=O) groups is 1. The van der Waals surface area contributed by atoms with Gasteiger partial charge in [0.25, 0.3) is 0 Å². The maximum absolute atomic E-state index is 10.9. The van der Waals surface area contributed by atoms with Crippen LogP contribution in [-0.4, -0.2) is 29.1 Å². The molecular weight excluding hydrogens is 216 g/mol. The highest BCUT2D eigenvalue weighted by Crippen LogP contribution is 2.15. The lowest BCUT2D eigenvalue weighted by molar-refractivity contribution is 0.0695. The van der Waals surface area contributed by atoms with Gasteiger partial charge in [-0.05, 0) is 25.5 Å². The number of aromatic carboxylic acids is 1. The number of carboxylic acid groups (broad SMARTS) is 1. The lowest BCUT2D eigenvalue weighted by Gasteiger charge is -2.22. The second-order valence-electron chi connectivity index (χ2n) is 3.84. The summed E-state index contributed by atoms with van der Waals surface area (Å²) in [5, 5.41) is 8.93. The summed E-state index contributed by atoms with van der Waals surface area (Å²) in [5.74, 6) is -0.137. The van der Waals surface area contributed by atoms with Crippen molar-refractivity contribution >= 4 is 11.8 Å². The van der Waals surface area contributed by atoms with Crippen LogP contribution in [-0.2, 0) is 0 Å². The summed E-state index contributed by atoms with van der Waals surface area (Å²) >= 11 is 0. The highest BCUT2D eigenvalue weighted by atomic mass is 16.4. The Labute approximate surface area is 102 Å². The van der Waals surface area contributed by atoms with Gasteiger partial charge in [-0.2, -0.15) is 0 Å². The van der Waals surface area contributed by atoms with Crippen LogP contribution >= 0.6 is 0 Å². The molecule has 1 aromatic rings. The fourth-order valence-corrected chi connectivity index (χ4v) is 1.68. The lowest BCUT2D eigenvalue weighted by atomic mass is 10.2. The highest BCUT2D eigenvalue weighted by Gasteiger charge is 2.11. The molecule has 92 valence electrons. The van der Waals surface area contributed by atoms with Gasteiger partial charge in [0.2, 0.25) is 0 Å². The quantitative estimate of drug-likeness (QED) is 0.768. The minimum Gasteiger partial charge on any atom is -0.478 e. The van der Waals surface area contributed by atoms with Gasteiger partial charge in [-0.15, -0.1) is 6.58 Å². The van der Waals surface area contributed by atoms with Crippen molar-refractivity contribution in [2.75, 3.05) is 18.0 Å². The first kappa shape index (κ1) is 13.2. The molecule has 17 heavy (non-hydrogen) atoms. The summed E-state index contributed by atoms with van der Waals surface area (Å²) in [5.41, 5.74) is 0.795. The van der Waals surface area contributed by atoms with Gasteiger partial charge in [0.15, 0.2) is 0 Å². The molecule has 0 fully saturated rings. The first-order chi connectivity index (χ1) is 8.10. The maximum Gasteiger partial charge on any atom is 0.337 e. The van der Waals surface area contributed by atoms with Crippen LogP contribution in [0.25, 0.3) is 0 Å². The molecule has 4 heteroatoms. The molecule has 4 nitrogen and oxygen atoms in total. The lowest BCUT2D eigenvalue weighted by Crippen LogP contribution is -2.25. The van der Waals surface area contributed by atoms with Gasteiger partial charge in [0, 0.05) is 13.1 Å². The minimum atomic E-state index is -0.938. The van der Waals surface area contributed by atoms with E-state index in [2.05, 4.69) is 23.4 Å². The number of aromatic nitrogens is 1. The third-order valence-corrected chi connectivity index (χ3v) is 2.47. The van der Waals surface area contributed by atoms with Crippen LogP contribution in [0.3, 0.4) is 0 Å². The molecule has 0 bridgehead atoms. The van der Waals surface area contributed by atoms with E-state index in [0.717, 1.165) is 18.8 Å². The average Bonchev–Trinajstić information content (AvgIpc) is 2.28. The molecule has 0 aromatic carbocycles. The topological polar surface area (TPSA) is 53.4 Å². The van der Waals surface area contributed by atoms with Crippen LogP contribution in [0.5, 0.6) is 0 Å². The van der Waals surface area contributed by atoms with Gasteiger partial charge in [-0.25, -0.2) is 9.78 Å². The highest BCUT2D eigenvalue weighted by molar-refractivity contribution is 5.89. The Morgan fingerprint density at radius 3 is 2.76 bits per heavy atom. The van der Waals surface area contributed by atoms with Gasteiger partial charge in [0.1, 0.15) is 5.82 Å².